The molecule has 0 aliphatic heterocycles. The van der Waals surface area contributed by atoms with E-state index >= 15 is 0 Å². The van der Waals surface area contributed by atoms with E-state index in [1.54, 1.807) is 0 Å². The SMILES string of the molecule is CCOC(=O)C1C(/C=C(\C)Cl)C1(C)C. The molecule has 80 valence electrons. The standard InChI is InChI=1S/C11H17ClO2/c1-5-14-10(13)9-8(6-7(2)12)11(9,3)4/h6,8-9H,5H2,1-4H3/b7-6+. The summed E-state index contributed by atoms with van der Waals surface area (Å²) in [6, 6.07) is 0. The molecule has 1 rings (SSSR count). The predicted molar refractivity (Wildman–Crippen MR) is 57.0 cm³/mol. The lowest BCUT2D eigenvalue weighted by molar-refractivity contribution is -0.145. The van der Waals surface area contributed by atoms with Gasteiger partial charge in [0.05, 0.1) is 12.5 Å². The van der Waals surface area contributed by atoms with Crippen LogP contribution in [0.15, 0.2) is 11.1 Å². The van der Waals surface area contributed by atoms with Crippen molar-refractivity contribution in [1.29, 1.82) is 0 Å². The highest BCUT2D eigenvalue weighted by Crippen LogP contribution is 2.59. The number of hydrogen-bond donors (Lipinski definition) is 0. The summed E-state index contributed by atoms with van der Waals surface area (Å²) >= 11 is 5.80. The quantitative estimate of drug-likeness (QED) is 0.678. The largest absolute Gasteiger partial charge is 0.466 e. The summed E-state index contributed by atoms with van der Waals surface area (Å²) in [7, 11) is 0. The fourth-order valence-corrected chi connectivity index (χ4v) is 2.05. The average Bonchev–Trinajstić information content (AvgIpc) is 2.52. The van der Waals surface area contributed by atoms with E-state index < -0.39 is 0 Å². The molecule has 1 aliphatic carbocycles. The summed E-state index contributed by atoms with van der Waals surface area (Å²) in [5, 5.41) is 0.745. The Morgan fingerprint density at radius 3 is 2.57 bits per heavy atom. The molecule has 2 nitrogen and oxygen atoms in total. The molecule has 0 heterocycles. The lowest BCUT2D eigenvalue weighted by atomic mass is 10.1. The van der Waals surface area contributed by atoms with Crippen LogP contribution in [0.5, 0.6) is 0 Å². The second-order valence-corrected chi connectivity index (χ2v) is 4.93. The Bertz CT molecular complexity index is 264. The van der Waals surface area contributed by atoms with Gasteiger partial charge < -0.3 is 4.74 Å². The molecule has 0 bridgehead atoms. The van der Waals surface area contributed by atoms with Crippen LogP contribution < -0.4 is 0 Å². The third kappa shape index (κ3) is 2.11. The lowest BCUT2D eigenvalue weighted by Gasteiger charge is -2.01. The number of rotatable bonds is 3. The number of carbonyl (C=O) groups excluding carboxylic acids is 1. The molecule has 2 unspecified atom stereocenters. The van der Waals surface area contributed by atoms with Crippen LogP contribution >= 0.6 is 11.6 Å². The Morgan fingerprint density at radius 2 is 2.14 bits per heavy atom. The van der Waals surface area contributed by atoms with Gasteiger partial charge in [0.1, 0.15) is 0 Å². The first-order valence-electron chi connectivity index (χ1n) is 4.91. The van der Waals surface area contributed by atoms with E-state index in [1.165, 1.54) is 0 Å². The second-order valence-electron chi connectivity index (χ2n) is 4.33. The van der Waals surface area contributed by atoms with Crippen molar-refractivity contribution in [2.24, 2.45) is 17.3 Å². The fourth-order valence-electron chi connectivity index (χ4n) is 1.92. The van der Waals surface area contributed by atoms with Gasteiger partial charge in [-0.15, -0.1) is 0 Å². The minimum absolute atomic E-state index is 0.00238. The summed E-state index contributed by atoms with van der Waals surface area (Å²) in [6.45, 7) is 8.23. The number of hydrogen-bond acceptors (Lipinski definition) is 2. The monoisotopic (exact) mass is 216 g/mol. The Balaban J connectivity index is 2.66. The van der Waals surface area contributed by atoms with Gasteiger partial charge in [-0.25, -0.2) is 0 Å². The number of ether oxygens (including phenoxy) is 1. The number of esters is 1. The van der Waals surface area contributed by atoms with Crippen molar-refractivity contribution in [2.75, 3.05) is 6.61 Å². The lowest BCUT2D eigenvalue weighted by Crippen LogP contribution is -2.10. The van der Waals surface area contributed by atoms with E-state index in [0.29, 0.717) is 6.61 Å². The molecule has 14 heavy (non-hydrogen) atoms. The first kappa shape index (κ1) is 11.6. The van der Waals surface area contributed by atoms with Gasteiger partial charge in [0.15, 0.2) is 0 Å². The summed E-state index contributed by atoms with van der Waals surface area (Å²) in [6.07, 6.45) is 1.95. The predicted octanol–water partition coefficient (Wildman–Crippen LogP) is 2.96. The van der Waals surface area contributed by atoms with Crippen molar-refractivity contribution in [2.45, 2.75) is 27.7 Å². The smallest absolute Gasteiger partial charge is 0.310 e. The number of allylic oxidation sites excluding steroid dienone is 2. The maximum absolute atomic E-state index is 11.5. The van der Waals surface area contributed by atoms with Crippen LogP contribution in [0.25, 0.3) is 0 Å². The van der Waals surface area contributed by atoms with Crippen LogP contribution in [0.2, 0.25) is 0 Å². The highest BCUT2D eigenvalue weighted by Gasteiger charge is 2.61. The molecule has 0 radical (unpaired) electrons. The zero-order valence-corrected chi connectivity index (χ0v) is 9.89. The fraction of sp³-hybridized carbons (Fsp3) is 0.727. The Morgan fingerprint density at radius 1 is 1.57 bits per heavy atom. The maximum atomic E-state index is 11.5. The third-order valence-electron chi connectivity index (χ3n) is 2.86. The normalized spacial score (nSPS) is 29.9. The molecule has 0 spiro atoms. The number of halogens is 1. The third-order valence-corrected chi connectivity index (χ3v) is 2.99. The first-order chi connectivity index (χ1) is 6.41. The van der Waals surface area contributed by atoms with E-state index in [2.05, 4.69) is 13.8 Å². The Kier molecular flexibility index (Phi) is 3.25. The minimum atomic E-state index is -0.100. The van der Waals surface area contributed by atoms with E-state index in [9.17, 15) is 4.79 Å². The molecule has 0 N–H and O–H groups in total. The van der Waals surface area contributed by atoms with Crippen LogP contribution in [-0.2, 0) is 9.53 Å². The topological polar surface area (TPSA) is 26.3 Å². The van der Waals surface area contributed by atoms with Gasteiger partial charge in [0, 0.05) is 5.03 Å². The molecule has 3 heteroatoms. The minimum Gasteiger partial charge on any atom is -0.466 e. The molecule has 1 saturated carbocycles. The van der Waals surface area contributed by atoms with Crippen LogP contribution in [-0.4, -0.2) is 12.6 Å². The van der Waals surface area contributed by atoms with E-state index in [4.69, 9.17) is 16.3 Å². The van der Waals surface area contributed by atoms with Crippen molar-refractivity contribution in [3.05, 3.63) is 11.1 Å². The maximum Gasteiger partial charge on any atom is 0.310 e. The zero-order chi connectivity index (χ0) is 10.9. The molecule has 0 aromatic heterocycles. The molecule has 0 aromatic carbocycles. The van der Waals surface area contributed by atoms with Gasteiger partial charge in [0.2, 0.25) is 0 Å². The van der Waals surface area contributed by atoms with E-state index in [0.717, 1.165) is 5.03 Å². The molecular formula is C11H17ClO2. The van der Waals surface area contributed by atoms with Gasteiger partial charge in [-0.1, -0.05) is 31.5 Å². The van der Waals surface area contributed by atoms with Gasteiger partial charge in [-0.05, 0) is 25.2 Å². The second kappa shape index (κ2) is 3.93. The zero-order valence-electron chi connectivity index (χ0n) is 9.13. The summed E-state index contributed by atoms with van der Waals surface area (Å²) in [4.78, 5) is 11.5. The molecule has 0 saturated heterocycles. The molecule has 1 aliphatic rings. The molecule has 1 fully saturated rings. The van der Waals surface area contributed by atoms with Crippen molar-refractivity contribution < 1.29 is 9.53 Å². The molecular weight excluding hydrogens is 200 g/mol. The van der Waals surface area contributed by atoms with E-state index in [-0.39, 0.29) is 23.2 Å². The van der Waals surface area contributed by atoms with Crippen LogP contribution in [0.4, 0.5) is 0 Å². The summed E-state index contributed by atoms with van der Waals surface area (Å²) in [5.41, 5.74) is 0.00238. The first-order valence-corrected chi connectivity index (χ1v) is 5.29. The highest BCUT2D eigenvalue weighted by atomic mass is 35.5. The van der Waals surface area contributed by atoms with Gasteiger partial charge in [-0.3, -0.25) is 4.79 Å². The molecule has 0 amide bonds. The van der Waals surface area contributed by atoms with Crippen LogP contribution in [0, 0.1) is 17.3 Å². The summed E-state index contributed by atoms with van der Waals surface area (Å²) < 4.78 is 5.00. The van der Waals surface area contributed by atoms with Crippen LogP contribution in [0.3, 0.4) is 0 Å². The molecule has 2 atom stereocenters. The molecule has 0 aromatic rings. The van der Waals surface area contributed by atoms with Crippen molar-refractivity contribution >= 4 is 17.6 Å². The van der Waals surface area contributed by atoms with Crippen LogP contribution in [0.1, 0.15) is 27.7 Å². The highest BCUT2D eigenvalue weighted by molar-refractivity contribution is 6.29. The Hall–Kier alpha value is -0.500. The Labute approximate surface area is 90.3 Å². The summed E-state index contributed by atoms with van der Waals surface area (Å²) in [5.74, 6) is 0.117. The van der Waals surface area contributed by atoms with Gasteiger partial charge in [-0.2, -0.15) is 0 Å². The number of carbonyl (C=O) groups is 1. The van der Waals surface area contributed by atoms with E-state index in [1.807, 2.05) is 19.9 Å². The van der Waals surface area contributed by atoms with Crippen molar-refractivity contribution in [3.63, 3.8) is 0 Å². The van der Waals surface area contributed by atoms with Gasteiger partial charge >= 0.3 is 5.97 Å². The van der Waals surface area contributed by atoms with Crippen molar-refractivity contribution in [3.8, 4) is 0 Å². The van der Waals surface area contributed by atoms with Gasteiger partial charge in [0.25, 0.3) is 0 Å². The average molecular weight is 217 g/mol. The van der Waals surface area contributed by atoms with Crippen molar-refractivity contribution in [1.82, 2.24) is 0 Å².